The van der Waals surface area contributed by atoms with Crippen LogP contribution in [0.15, 0.2) is 42.6 Å². The van der Waals surface area contributed by atoms with E-state index in [-0.39, 0.29) is 11.2 Å². The lowest BCUT2D eigenvalue weighted by Crippen LogP contribution is -2.23. The first-order valence-electron chi connectivity index (χ1n) is 9.64. The fourth-order valence-corrected chi connectivity index (χ4v) is 5.00. The van der Waals surface area contributed by atoms with Gasteiger partial charge in [0.2, 0.25) is 5.65 Å². The molecule has 3 aromatic rings. The summed E-state index contributed by atoms with van der Waals surface area (Å²) >= 11 is 0. The fourth-order valence-electron chi connectivity index (χ4n) is 5.00. The quantitative estimate of drug-likeness (QED) is 0.566. The van der Waals surface area contributed by atoms with Crippen LogP contribution in [-0.4, -0.2) is 21.0 Å². The second-order valence-electron chi connectivity index (χ2n) is 8.45. The minimum atomic E-state index is -4.80. The molecule has 1 aromatic carbocycles. The Balaban J connectivity index is 1.52. The number of rotatable bonds is 4. The second kappa shape index (κ2) is 6.11. The molecule has 8 heteroatoms. The van der Waals surface area contributed by atoms with Gasteiger partial charge >= 0.3 is 6.36 Å². The number of nitrogens with zero attached hydrogens (tertiary/aromatic N) is 3. The minimum Gasteiger partial charge on any atom is -0.449 e. The average molecular weight is 403 g/mol. The summed E-state index contributed by atoms with van der Waals surface area (Å²) in [5, 5.41) is 8.81. The van der Waals surface area contributed by atoms with Gasteiger partial charge in [0.15, 0.2) is 17.2 Å². The van der Waals surface area contributed by atoms with Gasteiger partial charge in [-0.2, -0.15) is 0 Å². The Morgan fingerprint density at radius 3 is 2.28 bits per heavy atom. The molecule has 0 saturated heterocycles. The molecule has 2 fully saturated rings. The van der Waals surface area contributed by atoms with Crippen molar-refractivity contribution in [3.05, 3.63) is 48.4 Å². The molecule has 2 saturated carbocycles. The first-order valence-corrected chi connectivity index (χ1v) is 9.64. The van der Waals surface area contributed by atoms with Crippen LogP contribution in [0.3, 0.4) is 0 Å². The highest BCUT2D eigenvalue weighted by Crippen LogP contribution is 2.61. The van der Waals surface area contributed by atoms with E-state index in [1.165, 1.54) is 31.0 Å². The van der Waals surface area contributed by atoms with E-state index in [1.54, 1.807) is 18.2 Å². The molecule has 0 aliphatic heterocycles. The van der Waals surface area contributed by atoms with Crippen LogP contribution in [0.2, 0.25) is 0 Å². The summed E-state index contributed by atoms with van der Waals surface area (Å²) in [6.07, 6.45) is 2.70. The molecule has 0 spiro atoms. The Kier molecular flexibility index (Phi) is 3.85. The fraction of sp³-hybridized carbons (Fsp3) is 0.429. The molecule has 0 radical (unpaired) electrons. The van der Waals surface area contributed by atoms with Crippen molar-refractivity contribution in [2.75, 3.05) is 0 Å². The van der Waals surface area contributed by atoms with Gasteiger partial charge in [0.25, 0.3) is 0 Å². The van der Waals surface area contributed by atoms with Crippen LogP contribution < -0.4 is 9.47 Å². The molecule has 5 rings (SSSR count). The van der Waals surface area contributed by atoms with Gasteiger partial charge in [0.1, 0.15) is 5.82 Å². The monoisotopic (exact) mass is 403 g/mol. The molecule has 2 aliphatic rings. The van der Waals surface area contributed by atoms with Gasteiger partial charge in [-0.05, 0) is 61.8 Å². The summed E-state index contributed by atoms with van der Waals surface area (Å²) in [4.78, 5) is 0. The number of benzene rings is 1. The van der Waals surface area contributed by atoms with E-state index in [9.17, 15) is 13.2 Å². The van der Waals surface area contributed by atoms with Crippen LogP contribution in [0.4, 0.5) is 13.2 Å². The van der Waals surface area contributed by atoms with Crippen molar-refractivity contribution < 1.29 is 22.6 Å². The lowest BCUT2D eigenvalue weighted by atomic mass is 9.82. The molecule has 0 amide bonds. The topological polar surface area (TPSA) is 48.7 Å². The van der Waals surface area contributed by atoms with Crippen molar-refractivity contribution in [1.82, 2.24) is 14.6 Å². The molecule has 2 aliphatic carbocycles. The van der Waals surface area contributed by atoms with E-state index < -0.39 is 12.1 Å². The largest absolute Gasteiger partial charge is 0.573 e. The minimum absolute atomic E-state index is 0.0179. The third kappa shape index (κ3) is 3.10. The summed E-state index contributed by atoms with van der Waals surface area (Å²) < 4.78 is 49.9. The van der Waals surface area contributed by atoms with Crippen molar-refractivity contribution in [3.63, 3.8) is 0 Å². The number of para-hydroxylation sites is 2. The number of hydrogen-bond acceptors (Lipinski definition) is 4. The predicted octanol–water partition coefficient (Wildman–Crippen LogP) is 5.64. The Hall–Kier alpha value is -2.77. The van der Waals surface area contributed by atoms with Gasteiger partial charge in [0.05, 0.1) is 0 Å². The highest BCUT2D eigenvalue weighted by molar-refractivity contribution is 5.56. The highest BCUT2D eigenvalue weighted by atomic mass is 19.4. The van der Waals surface area contributed by atoms with Gasteiger partial charge < -0.3 is 9.47 Å². The molecule has 29 heavy (non-hydrogen) atoms. The normalized spacial score (nSPS) is 26.2. The zero-order valence-electron chi connectivity index (χ0n) is 15.9. The molecule has 0 unspecified atom stereocenters. The van der Waals surface area contributed by atoms with E-state index in [0.29, 0.717) is 16.8 Å². The SMILES string of the molecule is CC12CCC(c3nnc4c(Oc5ccccc5OC(F)(F)F)cccn34)(CC1)C2. The van der Waals surface area contributed by atoms with Crippen molar-refractivity contribution in [2.45, 2.75) is 50.8 Å². The van der Waals surface area contributed by atoms with E-state index >= 15 is 0 Å². The average Bonchev–Trinajstić information content (AvgIpc) is 3.33. The van der Waals surface area contributed by atoms with Crippen molar-refractivity contribution in [1.29, 1.82) is 0 Å². The first kappa shape index (κ1) is 18.3. The maximum atomic E-state index is 12.7. The summed E-state index contributed by atoms with van der Waals surface area (Å²) in [7, 11) is 0. The van der Waals surface area contributed by atoms with Crippen LogP contribution in [-0.2, 0) is 5.41 Å². The second-order valence-corrected chi connectivity index (χ2v) is 8.45. The van der Waals surface area contributed by atoms with E-state index in [0.717, 1.165) is 25.1 Å². The van der Waals surface area contributed by atoms with Crippen LogP contribution in [0.1, 0.15) is 44.9 Å². The lowest BCUT2D eigenvalue weighted by Gasteiger charge is -2.24. The molecule has 152 valence electrons. The number of ether oxygens (including phenoxy) is 2. The molecular weight excluding hydrogens is 383 g/mol. The van der Waals surface area contributed by atoms with Crippen molar-refractivity contribution >= 4 is 5.65 Å². The Bertz CT molecular complexity index is 1070. The summed E-state index contributed by atoms with van der Waals surface area (Å²) in [5.74, 6) is 0.816. The Morgan fingerprint density at radius 1 is 0.931 bits per heavy atom. The molecule has 0 atom stereocenters. The van der Waals surface area contributed by atoms with Crippen molar-refractivity contribution in [2.24, 2.45) is 5.41 Å². The number of halogens is 3. The van der Waals surface area contributed by atoms with Gasteiger partial charge in [0, 0.05) is 11.6 Å². The lowest BCUT2D eigenvalue weighted by molar-refractivity contribution is -0.275. The summed E-state index contributed by atoms with van der Waals surface area (Å²) in [6, 6.07) is 9.16. The van der Waals surface area contributed by atoms with Gasteiger partial charge in [-0.25, -0.2) is 0 Å². The predicted molar refractivity (Wildman–Crippen MR) is 99.1 cm³/mol. The van der Waals surface area contributed by atoms with Crippen LogP contribution in [0.25, 0.3) is 5.65 Å². The van der Waals surface area contributed by atoms with Crippen LogP contribution in [0, 0.1) is 5.41 Å². The van der Waals surface area contributed by atoms with Crippen molar-refractivity contribution in [3.8, 4) is 17.2 Å². The van der Waals surface area contributed by atoms with Crippen LogP contribution in [0.5, 0.6) is 17.2 Å². The smallest absolute Gasteiger partial charge is 0.449 e. The van der Waals surface area contributed by atoms with Gasteiger partial charge in [-0.15, -0.1) is 23.4 Å². The molecular formula is C21H20F3N3O2. The van der Waals surface area contributed by atoms with Crippen LogP contribution >= 0.6 is 0 Å². The molecule has 5 nitrogen and oxygen atoms in total. The standard InChI is InChI=1S/C21H20F3N3O2/c1-19-8-10-20(13-19,11-9-19)18-26-25-17-16(7-4-12-27(17)18)28-14-5-2-3-6-15(14)29-21(22,23)24/h2-7,12H,8-11,13H2,1H3. The summed E-state index contributed by atoms with van der Waals surface area (Å²) in [5.41, 5.74) is 0.872. The van der Waals surface area contributed by atoms with Gasteiger partial charge in [-0.3, -0.25) is 4.40 Å². The number of pyridine rings is 1. The number of aromatic nitrogens is 3. The highest BCUT2D eigenvalue weighted by Gasteiger charge is 2.54. The maximum absolute atomic E-state index is 12.7. The third-order valence-electron chi connectivity index (χ3n) is 6.35. The zero-order valence-corrected chi connectivity index (χ0v) is 15.9. The molecule has 2 bridgehead atoms. The van der Waals surface area contributed by atoms with E-state index in [4.69, 9.17) is 4.74 Å². The Morgan fingerprint density at radius 2 is 1.62 bits per heavy atom. The van der Waals surface area contributed by atoms with E-state index in [1.807, 2.05) is 10.6 Å². The molecule has 2 aromatic heterocycles. The van der Waals surface area contributed by atoms with Gasteiger partial charge in [-0.1, -0.05) is 19.1 Å². The summed E-state index contributed by atoms with van der Waals surface area (Å²) in [6.45, 7) is 2.33. The first-order chi connectivity index (χ1) is 13.8. The number of fused-ring (bicyclic) bond motifs is 3. The van der Waals surface area contributed by atoms with E-state index in [2.05, 4.69) is 21.9 Å². The number of hydrogen-bond donors (Lipinski definition) is 0. The number of alkyl halides is 3. The Labute approximate surface area is 165 Å². The molecule has 0 N–H and O–H groups in total. The zero-order chi connectivity index (χ0) is 20.3. The third-order valence-corrected chi connectivity index (χ3v) is 6.35. The maximum Gasteiger partial charge on any atom is 0.573 e. The molecule has 2 heterocycles.